The molecule has 12 heavy (non-hydrogen) atoms. The summed E-state index contributed by atoms with van der Waals surface area (Å²) in [5.74, 6) is 0.581. The first-order valence-electron chi connectivity index (χ1n) is 4.61. The lowest BCUT2D eigenvalue weighted by Crippen LogP contribution is -2.37. The minimum atomic E-state index is -0.0403. The largest absolute Gasteiger partial charge is 0.365 e. The summed E-state index contributed by atoms with van der Waals surface area (Å²) >= 11 is 0. The van der Waals surface area contributed by atoms with Crippen LogP contribution in [0.15, 0.2) is 0 Å². The zero-order valence-electron chi connectivity index (χ0n) is 7.45. The fourth-order valence-electron chi connectivity index (χ4n) is 1.87. The number of ketones is 1. The van der Waals surface area contributed by atoms with Crippen LogP contribution in [0.2, 0.25) is 0 Å². The topological polar surface area (TPSA) is 32.8 Å². The molecule has 3 heteroatoms. The van der Waals surface area contributed by atoms with E-state index in [9.17, 15) is 4.79 Å². The van der Waals surface area contributed by atoms with Crippen LogP contribution in [0.4, 0.5) is 0 Å². The van der Waals surface area contributed by atoms with Crippen LogP contribution in [0.1, 0.15) is 12.8 Å². The van der Waals surface area contributed by atoms with E-state index in [1.165, 1.54) is 0 Å². The Morgan fingerprint density at radius 1 is 1.58 bits per heavy atom. The maximum atomic E-state index is 11.6. The molecule has 0 bridgehead atoms. The molecule has 2 rings (SSSR count). The number of hydrogen-bond donors (Lipinski definition) is 0. The summed E-state index contributed by atoms with van der Waals surface area (Å²) in [7, 11) is 2.08. The Morgan fingerprint density at radius 3 is 2.92 bits per heavy atom. The van der Waals surface area contributed by atoms with Crippen molar-refractivity contribution in [2.24, 2.45) is 5.92 Å². The number of Topliss-reactive ketones (excluding diaryl/α,β-unsaturated/α-hetero) is 1. The van der Waals surface area contributed by atoms with Gasteiger partial charge in [-0.05, 0) is 26.4 Å². The molecule has 0 radical (unpaired) electrons. The molecule has 2 aliphatic rings. The van der Waals surface area contributed by atoms with Crippen molar-refractivity contribution in [1.82, 2.24) is 4.90 Å². The Balaban J connectivity index is 1.89. The van der Waals surface area contributed by atoms with Crippen LogP contribution >= 0.6 is 0 Å². The maximum Gasteiger partial charge on any atom is 0.168 e. The Morgan fingerprint density at radius 2 is 2.33 bits per heavy atom. The van der Waals surface area contributed by atoms with Gasteiger partial charge in [-0.25, -0.2) is 0 Å². The highest BCUT2D eigenvalue weighted by Gasteiger charge is 2.37. The van der Waals surface area contributed by atoms with Gasteiger partial charge < -0.3 is 9.64 Å². The molecule has 0 aromatic carbocycles. The number of likely N-dealkylation sites (tertiary alicyclic amines) is 1. The highest BCUT2D eigenvalue weighted by Crippen LogP contribution is 2.22. The van der Waals surface area contributed by atoms with Gasteiger partial charge >= 0.3 is 0 Å². The normalized spacial score (nSPS) is 36.4. The number of carbonyl (C=O) groups excluding carboxylic acids is 1. The first kappa shape index (κ1) is 8.20. The summed E-state index contributed by atoms with van der Waals surface area (Å²) in [4.78, 5) is 13.8. The second-order valence-electron chi connectivity index (χ2n) is 3.83. The van der Waals surface area contributed by atoms with E-state index in [0.717, 1.165) is 25.9 Å². The molecule has 3 nitrogen and oxygen atoms in total. The predicted octanol–water partition coefficient (Wildman–Crippen LogP) is 0.296. The third kappa shape index (κ3) is 1.67. The van der Waals surface area contributed by atoms with Gasteiger partial charge in [-0.2, -0.15) is 0 Å². The summed E-state index contributed by atoms with van der Waals surface area (Å²) in [5, 5.41) is 0. The molecule has 0 N–H and O–H groups in total. The average Bonchev–Trinajstić information content (AvgIpc) is 2.85. The molecule has 68 valence electrons. The van der Waals surface area contributed by atoms with Crippen molar-refractivity contribution in [3.8, 4) is 0 Å². The van der Waals surface area contributed by atoms with Crippen LogP contribution < -0.4 is 0 Å². The summed E-state index contributed by atoms with van der Waals surface area (Å²) in [6, 6.07) is 0. The van der Waals surface area contributed by atoms with Gasteiger partial charge in [0, 0.05) is 12.5 Å². The van der Waals surface area contributed by atoms with E-state index in [1.54, 1.807) is 0 Å². The van der Waals surface area contributed by atoms with Crippen molar-refractivity contribution in [2.75, 3.05) is 26.7 Å². The quantitative estimate of drug-likeness (QED) is 0.557. The highest BCUT2D eigenvalue weighted by molar-refractivity contribution is 5.87. The fraction of sp³-hybridized carbons (Fsp3) is 0.889. The molecule has 0 aromatic rings. The van der Waals surface area contributed by atoms with Crippen LogP contribution in [0.5, 0.6) is 0 Å². The molecule has 0 amide bonds. The molecule has 2 atom stereocenters. The third-order valence-electron chi connectivity index (χ3n) is 2.68. The van der Waals surface area contributed by atoms with E-state index in [1.807, 2.05) is 0 Å². The van der Waals surface area contributed by atoms with Gasteiger partial charge in [0.05, 0.1) is 6.61 Å². The zero-order chi connectivity index (χ0) is 8.55. The summed E-state index contributed by atoms with van der Waals surface area (Å²) in [6.07, 6.45) is 2.17. The minimum absolute atomic E-state index is 0.0403. The third-order valence-corrected chi connectivity index (χ3v) is 2.68. The van der Waals surface area contributed by atoms with Gasteiger partial charge in [0.1, 0.15) is 6.10 Å². The number of piperidine rings is 1. The Bertz CT molecular complexity index is 189. The molecule has 2 fully saturated rings. The van der Waals surface area contributed by atoms with Crippen molar-refractivity contribution in [1.29, 1.82) is 0 Å². The number of ether oxygens (including phenoxy) is 1. The number of hydrogen-bond acceptors (Lipinski definition) is 3. The lowest BCUT2D eigenvalue weighted by atomic mass is 9.93. The van der Waals surface area contributed by atoms with E-state index in [0.29, 0.717) is 12.4 Å². The number of nitrogens with zero attached hydrogens (tertiary/aromatic N) is 1. The standard InChI is InChI=1S/C9H15NO2/c1-10-4-2-3-7(5-10)9(11)8-6-12-8/h7-8H,2-6H2,1H3. The van der Waals surface area contributed by atoms with E-state index < -0.39 is 0 Å². The Kier molecular flexibility index (Phi) is 2.15. The molecule has 0 spiro atoms. The second-order valence-corrected chi connectivity index (χ2v) is 3.83. The van der Waals surface area contributed by atoms with Gasteiger partial charge in [-0.3, -0.25) is 4.79 Å². The first-order valence-corrected chi connectivity index (χ1v) is 4.61. The summed E-state index contributed by atoms with van der Waals surface area (Å²) in [6.45, 7) is 2.73. The van der Waals surface area contributed by atoms with Gasteiger partial charge in [0.15, 0.2) is 5.78 Å². The van der Waals surface area contributed by atoms with Crippen LogP contribution in [0.3, 0.4) is 0 Å². The van der Waals surface area contributed by atoms with E-state index in [-0.39, 0.29) is 12.0 Å². The van der Waals surface area contributed by atoms with E-state index in [4.69, 9.17) is 4.74 Å². The molecule has 0 aliphatic carbocycles. The van der Waals surface area contributed by atoms with Crippen LogP contribution in [-0.4, -0.2) is 43.5 Å². The van der Waals surface area contributed by atoms with Crippen molar-refractivity contribution in [2.45, 2.75) is 18.9 Å². The summed E-state index contributed by atoms with van der Waals surface area (Å²) in [5.41, 5.74) is 0. The minimum Gasteiger partial charge on any atom is -0.365 e. The molecule has 2 heterocycles. The monoisotopic (exact) mass is 169 g/mol. The molecule has 2 aliphatic heterocycles. The number of epoxide rings is 1. The summed E-state index contributed by atoms with van der Waals surface area (Å²) < 4.78 is 4.99. The zero-order valence-corrected chi connectivity index (χ0v) is 7.45. The average molecular weight is 169 g/mol. The molecular weight excluding hydrogens is 154 g/mol. The molecule has 0 saturated carbocycles. The lowest BCUT2D eigenvalue weighted by Gasteiger charge is -2.28. The maximum absolute atomic E-state index is 11.6. The molecule has 2 saturated heterocycles. The fourth-order valence-corrected chi connectivity index (χ4v) is 1.87. The number of carbonyl (C=O) groups is 1. The van der Waals surface area contributed by atoms with Gasteiger partial charge in [0.2, 0.25) is 0 Å². The SMILES string of the molecule is CN1CCCC(C(=O)C2CO2)C1. The first-order chi connectivity index (χ1) is 5.77. The van der Waals surface area contributed by atoms with Crippen LogP contribution in [0, 0.1) is 5.92 Å². The molecular formula is C9H15NO2. The van der Waals surface area contributed by atoms with Crippen molar-refractivity contribution < 1.29 is 9.53 Å². The highest BCUT2D eigenvalue weighted by atomic mass is 16.6. The van der Waals surface area contributed by atoms with E-state index >= 15 is 0 Å². The Hall–Kier alpha value is -0.410. The Labute approximate surface area is 72.7 Å². The van der Waals surface area contributed by atoms with E-state index in [2.05, 4.69) is 11.9 Å². The van der Waals surface area contributed by atoms with Crippen LogP contribution in [-0.2, 0) is 9.53 Å². The van der Waals surface area contributed by atoms with Gasteiger partial charge in [-0.1, -0.05) is 0 Å². The predicted molar refractivity (Wildman–Crippen MR) is 45.0 cm³/mol. The van der Waals surface area contributed by atoms with Gasteiger partial charge in [0.25, 0.3) is 0 Å². The van der Waals surface area contributed by atoms with Crippen molar-refractivity contribution in [3.05, 3.63) is 0 Å². The van der Waals surface area contributed by atoms with Crippen LogP contribution in [0.25, 0.3) is 0 Å². The van der Waals surface area contributed by atoms with Gasteiger partial charge in [-0.15, -0.1) is 0 Å². The lowest BCUT2D eigenvalue weighted by molar-refractivity contribution is -0.125. The second kappa shape index (κ2) is 3.15. The molecule has 2 unspecified atom stereocenters. The van der Waals surface area contributed by atoms with Crippen molar-refractivity contribution in [3.63, 3.8) is 0 Å². The smallest absolute Gasteiger partial charge is 0.168 e. The molecule has 0 aromatic heterocycles. The van der Waals surface area contributed by atoms with Crippen molar-refractivity contribution >= 4 is 5.78 Å². The number of rotatable bonds is 2.